The van der Waals surface area contributed by atoms with Gasteiger partial charge in [-0.3, -0.25) is 9.59 Å². The summed E-state index contributed by atoms with van der Waals surface area (Å²) in [4.78, 5) is 26.4. The molecule has 1 fully saturated rings. The van der Waals surface area contributed by atoms with Crippen molar-refractivity contribution in [3.8, 4) is 0 Å². The number of benzene rings is 1. The third kappa shape index (κ3) is 3.46. The van der Waals surface area contributed by atoms with Crippen molar-refractivity contribution < 1.29 is 9.59 Å². The van der Waals surface area contributed by atoms with Crippen LogP contribution in [0.5, 0.6) is 0 Å². The molecule has 114 valence electrons. The third-order valence-corrected chi connectivity index (χ3v) is 4.70. The van der Waals surface area contributed by atoms with Gasteiger partial charge in [0.2, 0.25) is 11.8 Å². The molecule has 3 atom stereocenters. The lowest BCUT2D eigenvalue weighted by atomic mass is 9.94. The van der Waals surface area contributed by atoms with Crippen LogP contribution in [0.3, 0.4) is 0 Å². The van der Waals surface area contributed by atoms with Gasteiger partial charge in [0.05, 0.1) is 0 Å². The summed E-state index contributed by atoms with van der Waals surface area (Å²) < 4.78 is 1.000. The van der Waals surface area contributed by atoms with Crippen molar-refractivity contribution in [1.82, 2.24) is 10.2 Å². The van der Waals surface area contributed by atoms with E-state index in [-0.39, 0.29) is 17.7 Å². The molecule has 0 aliphatic carbocycles. The third-order valence-electron chi connectivity index (χ3n) is 4.17. The van der Waals surface area contributed by atoms with E-state index >= 15 is 0 Å². The predicted octanol–water partition coefficient (Wildman–Crippen LogP) is 2.71. The second-order valence-corrected chi connectivity index (χ2v) is 6.56. The van der Waals surface area contributed by atoms with Crippen molar-refractivity contribution in [3.63, 3.8) is 0 Å². The van der Waals surface area contributed by atoms with E-state index in [4.69, 9.17) is 0 Å². The topological polar surface area (TPSA) is 49.4 Å². The lowest BCUT2D eigenvalue weighted by molar-refractivity contribution is -0.150. The molecule has 5 heteroatoms. The van der Waals surface area contributed by atoms with Crippen LogP contribution < -0.4 is 5.32 Å². The van der Waals surface area contributed by atoms with Gasteiger partial charge in [-0.15, -0.1) is 0 Å². The first kappa shape index (κ1) is 16.0. The van der Waals surface area contributed by atoms with Crippen LogP contribution in [0, 0.1) is 5.92 Å². The molecule has 0 radical (unpaired) electrons. The number of nitrogens with one attached hydrogen (secondary N) is 1. The molecule has 1 N–H and O–H groups in total. The molecule has 3 unspecified atom stereocenters. The monoisotopic (exact) mass is 352 g/mol. The number of carbonyl (C=O) groups is 2. The predicted molar refractivity (Wildman–Crippen MR) is 85.5 cm³/mol. The normalized spacial score (nSPS) is 23.9. The van der Waals surface area contributed by atoms with Gasteiger partial charge in [-0.25, -0.2) is 0 Å². The second-order valence-electron chi connectivity index (χ2n) is 5.64. The minimum absolute atomic E-state index is 0.0133. The lowest BCUT2D eigenvalue weighted by Gasteiger charge is -2.39. The van der Waals surface area contributed by atoms with E-state index in [1.807, 2.05) is 38.1 Å². The largest absolute Gasteiger partial charge is 0.342 e. The summed E-state index contributed by atoms with van der Waals surface area (Å²) in [6, 6.07) is 6.99. The summed E-state index contributed by atoms with van der Waals surface area (Å²) >= 11 is 3.40. The van der Waals surface area contributed by atoms with Crippen molar-refractivity contribution in [2.24, 2.45) is 5.92 Å². The van der Waals surface area contributed by atoms with Gasteiger partial charge in [0.25, 0.3) is 0 Å². The smallest absolute Gasteiger partial charge is 0.246 e. The first-order chi connectivity index (χ1) is 9.93. The summed E-state index contributed by atoms with van der Waals surface area (Å²) in [6.45, 7) is 6.27. The van der Waals surface area contributed by atoms with Crippen LogP contribution in [-0.4, -0.2) is 28.8 Å². The molecule has 1 heterocycles. The lowest BCUT2D eigenvalue weighted by Crippen LogP contribution is -2.63. The number of hydrogen-bond acceptors (Lipinski definition) is 2. The Morgan fingerprint density at radius 3 is 2.48 bits per heavy atom. The summed E-state index contributed by atoms with van der Waals surface area (Å²) in [6.07, 6.45) is 0.858. The van der Waals surface area contributed by atoms with Gasteiger partial charge in [-0.05, 0) is 30.5 Å². The highest BCUT2D eigenvalue weighted by Crippen LogP contribution is 2.20. The van der Waals surface area contributed by atoms with Crippen LogP contribution in [0.15, 0.2) is 28.7 Å². The van der Waals surface area contributed by atoms with Crippen LogP contribution in [0.1, 0.15) is 32.8 Å². The highest BCUT2D eigenvalue weighted by molar-refractivity contribution is 9.10. The number of carbonyl (C=O) groups excluding carboxylic acids is 2. The molecule has 1 aliphatic heterocycles. The molecule has 4 nitrogen and oxygen atoms in total. The van der Waals surface area contributed by atoms with Gasteiger partial charge < -0.3 is 10.2 Å². The molecule has 1 aromatic carbocycles. The molecular weight excluding hydrogens is 332 g/mol. The average molecular weight is 353 g/mol. The highest BCUT2D eigenvalue weighted by Gasteiger charge is 2.39. The fourth-order valence-electron chi connectivity index (χ4n) is 2.47. The number of hydrogen-bond donors (Lipinski definition) is 1. The minimum Gasteiger partial charge on any atom is -0.342 e. The molecule has 2 amide bonds. The number of piperazine rings is 1. The maximum atomic E-state index is 12.7. The number of rotatable bonds is 4. The molecule has 0 saturated carbocycles. The first-order valence-corrected chi connectivity index (χ1v) is 8.08. The molecule has 21 heavy (non-hydrogen) atoms. The molecule has 0 spiro atoms. The van der Waals surface area contributed by atoms with E-state index in [0.29, 0.717) is 6.54 Å². The number of amides is 2. The fourth-order valence-corrected chi connectivity index (χ4v) is 2.73. The van der Waals surface area contributed by atoms with Crippen LogP contribution in [0.2, 0.25) is 0 Å². The molecular formula is C16H21BrN2O2. The van der Waals surface area contributed by atoms with E-state index < -0.39 is 12.1 Å². The molecule has 2 rings (SSSR count). The van der Waals surface area contributed by atoms with Crippen molar-refractivity contribution in [1.29, 1.82) is 0 Å². The van der Waals surface area contributed by atoms with Crippen molar-refractivity contribution in [2.75, 3.05) is 0 Å². The Kier molecular flexibility index (Phi) is 5.04. The zero-order valence-corrected chi connectivity index (χ0v) is 14.2. The van der Waals surface area contributed by atoms with Crippen LogP contribution in [0.4, 0.5) is 0 Å². The SMILES string of the molecule is CCC(C)C1NC(=O)C(C)N(Cc2ccc(Br)cc2)C1=O. The van der Waals surface area contributed by atoms with E-state index in [2.05, 4.69) is 21.2 Å². The Labute approximate surface area is 134 Å². The molecule has 1 aromatic rings. The van der Waals surface area contributed by atoms with Gasteiger partial charge in [0.15, 0.2) is 0 Å². The standard InChI is InChI=1S/C16H21BrN2O2/c1-4-10(2)14-16(21)19(11(3)15(20)18-14)9-12-5-7-13(17)8-6-12/h5-8,10-11,14H,4,9H2,1-3H3,(H,18,20). The maximum Gasteiger partial charge on any atom is 0.246 e. The maximum absolute atomic E-state index is 12.7. The van der Waals surface area contributed by atoms with E-state index in [9.17, 15) is 9.59 Å². The van der Waals surface area contributed by atoms with Gasteiger partial charge in [0.1, 0.15) is 12.1 Å². The van der Waals surface area contributed by atoms with E-state index in [1.54, 1.807) is 11.8 Å². The Bertz CT molecular complexity index is 530. The van der Waals surface area contributed by atoms with Crippen LogP contribution in [-0.2, 0) is 16.1 Å². The summed E-state index contributed by atoms with van der Waals surface area (Å²) in [5.74, 6) is 0.0812. The fraction of sp³-hybridized carbons (Fsp3) is 0.500. The van der Waals surface area contributed by atoms with E-state index in [0.717, 1.165) is 16.5 Å². The highest BCUT2D eigenvalue weighted by atomic mass is 79.9. The molecule has 1 aliphatic rings. The zero-order chi connectivity index (χ0) is 15.6. The molecule has 1 saturated heterocycles. The van der Waals surface area contributed by atoms with Crippen molar-refractivity contribution in [3.05, 3.63) is 34.3 Å². The Balaban J connectivity index is 2.20. The van der Waals surface area contributed by atoms with Gasteiger partial charge in [-0.1, -0.05) is 48.3 Å². The van der Waals surface area contributed by atoms with Crippen LogP contribution in [0.25, 0.3) is 0 Å². The summed E-state index contributed by atoms with van der Waals surface area (Å²) in [7, 11) is 0. The average Bonchev–Trinajstić information content (AvgIpc) is 2.48. The Hall–Kier alpha value is -1.36. The quantitative estimate of drug-likeness (QED) is 0.905. The van der Waals surface area contributed by atoms with Crippen molar-refractivity contribution in [2.45, 2.75) is 45.8 Å². The second kappa shape index (κ2) is 6.60. The van der Waals surface area contributed by atoms with E-state index in [1.165, 1.54) is 0 Å². The number of halogens is 1. The van der Waals surface area contributed by atoms with Gasteiger partial charge in [-0.2, -0.15) is 0 Å². The summed E-state index contributed by atoms with van der Waals surface area (Å²) in [5.41, 5.74) is 1.02. The first-order valence-electron chi connectivity index (χ1n) is 7.29. The van der Waals surface area contributed by atoms with Crippen LogP contribution >= 0.6 is 15.9 Å². The minimum atomic E-state index is -0.429. The Morgan fingerprint density at radius 2 is 1.90 bits per heavy atom. The number of nitrogens with zero attached hydrogens (tertiary/aromatic N) is 1. The van der Waals surface area contributed by atoms with Gasteiger partial charge >= 0.3 is 0 Å². The molecule has 0 bridgehead atoms. The summed E-state index contributed by atoms with van der Waals surface area (Å²) in [5, 5.41) is 2.85. The molecule has 0 aromatic heterocycles. The Morgan fingerprint density at radius 1 is 1.29 bits per heavy atom. The van der Waals surface area contributed by atoms with Gasteiger partial charge in [0, 0.05) is 11.0 Å². The zero-order valence-electron chi connectivity index (χ0n) is 12.6. The van der Waals surface area contributed by atoms with Crippen molar-refractivity contribution >= 4 is 27.7 Å².